The van der Waals surface area contributed by atoms with Crippen molar-refractivity contribution in [2.75, 3.05) is 30.4 Å². The maximum atomic E-state index is 12.7. The number of anilines is 2. The van der Waals surface area contributed by atoms with Gasteiger partial charge >= 0.3 is 5.97 Å². The van der Waals surface area contributed by atoms with E-state index in [1.165, 1.54) is 12.7 Å². The maximum Gasteiger partial charge on any atom is 0.325 e. The van der Waals surface area contributed by atoms with E-state index in [2.05, 4.69) is 22.3 Å². The third-order valence-corrected chi connectivity index (χ3v) is 5.60. The minimum atomic E-state index is -0.542. The van der Waals surface area contributed by atoms with Crippen LogP contribution in [0, 0.1) is 5.92 Å². The second-order valence-electron chi connectivity index (χ2n) is 8.00. The Hall–Kier alpha value is -3.68. The van der Waals surface area contributed by atoms with Gasteiger partial charge in [-0.2, -0.15) is 0 Å². The maximum absolute atomic E-state index is 12.7. The van der Waals surface area contributed by atoms with Crippen LogP contribution in [0.5, 0.6) is 0 Å². The van der Waals surface area contributed by atoms with E-state index < -0.39 is 17.8 Å². The molecular weight excluding hydrogens is 422 g/mol. The average molecular weight is 452 g/mol. The van der Waals surface area contributed by atoms with E-state index in [1.807, 2.05) is 24.3 Å². The van der Waals surface area contributed by atoms with Gasteiger partial charge in [0.05, 0.1) is 13.0 Å². The Kier molecular flexibility index (Phi) is 8.18. The number of ether oxygens (including phenoxy) is 1. The topological polar surface area (TPSA) is 105 Å². The summed E-state index contributed by atoms with van der Waals surface area (Å²) in [7, 11) is 1.24. The molecule has 1 saturated heterocycles. The lowest BCUT2D eigenvalue weighted by Crippen LogP contribution is -2.30. The zero-order valence-corrected chi connectivity index (χ0v) is 18.9. The molecule has 0 saturated carbocycles. The number of nitrogens with zero attached hydrogens (tertiary/aromatic N) is 1. The standard InChI is InChI=1S/C25H29N3O5/c1-3-4-5-17-6-12-21(13-7-17)28-16-19(14-22(28)29)25(32)27-20-10-8-18(9-11-20)24(31)26-15-23(30)33-2/h6-13,19H,3-5,14-16H2,1-2H3,(H,26,31)(H,27,32). The predicted octanol–water partition coefficient (Wildman–Crippen LogP) is 2.92. The van der Waals surface area contributed by atoms with Gasteiger partial charge in [-0.1, -0.05) is 25.5 Å². The normalized spacial score (nSPS) is 15.3. The van der Waals surface area contributed by atoms with Crippen LogP contribution in [-0.4, -0.2) is 43.9 Å². The summed E-state index contributed by atoms with van der Waals surface area (Å²) in [4.78, 5) is 50.1. The molecule has 2 aromatic rings. The molecule has 0 aromatic heterocycles. The zero-order chi connectivity index (χ0) is 23.8. The lowest BCUT2D eigenvalue weighted by atomic mass is 10.1. The van der Waals surface area contributed by atoms with Crippen molar-refractivity contribution in [2.45, 2.75) is 32.6 Å². The predicted molar refractivity (Wildman–Crippen MR) is 125 cm³/mol. The Labute approximate surface area is 193 Å². The van der Waals surface area contributed by atoms with Gasteiger partial charge in [-0.25, -0.2) is 0 Å². The fourth-order valence-corrected chi connectivity index (χ4v) is 3.63. The van der Waals surface area contributed by atoms with E-state index in [9.17, 15) is 19.2 Å². The van der Waals surface area contributed by atoms with Crippen molar-refractivity contribution in [1.29, 1.82) is 0 Å². The van der Waals surface area contributed by atoms with Gasteiger partial charge in [0.25, 0.3) is 5.91 Å². The average Bonchev–Trinajstić information content (AvgIpc) is 3.23. The molecule has 174 valence electrons. The number of methoxy groups -OCH3 is 1. The van der Waals surface area contributed by atoms with Gasteiger partial charge in [0.1, 0.15) is 6.54 Å². The number of unbranched alkanes of at least 4 members (excludes halogenated alkanes) is 1. The van der Waals surface area contributed by atoms with E-state index >= 15 is 0 Å². The summed E-state index contributed by atoms with van der Waals surface area (Å²) in [5.41, 5.74) is 2.92. The van der Waals surface area contributed by atoms with Gasteiger partial charge in [0.15, 0.2) is 0 Å². The summed E-state index contributed by atoms with van der Waals surface area (Å²) in [5, 5.41) is 5.26. The Morgan fingerprint density at radius 2 is 1.76 bits per heavy atom. The van der Waals surface area contributed by atoms with Crippen LogP contribution in [-0.2, 0) is 25.5 Å². The molecule has 0 bridgehead atoms. The fourth-order valence-electron chi connectivity index (χ4n) is 3.63. The van der Waals surface area contributed by atoms with Gasteiger partial charge in [-0.3, -0.25) is 19.2 Å². The number of hydrogen-bond donors (Lipinski definition) is 2. The lowest BCUT2D eigenvalue weighted by molar-refractivity contribution is -0.139. The van der Waals surface area contributed by atoms with E-state index in [-0.39, 0.29) is 24.8 Å². The van der Waals surface area contributed by atoms with Crippen molar-refractivity contribution in [1.82, 2.24) is 5.32 Å². The summed E-state index contributed by atoms with van der Waals surface area (Å²) >= 11 is 0. The molecule has 0 aliphatic carbocycles. The van der Waals surface area contributed by atoms with E-state index in [0.29, 0.717) is 17.8 Å². The van der Waals surface area contributed by atoms with Crippen molar-refractivity contribution in [3.63, 3.8) is 0 Å². The molecule has 3 amide bonds. The van der Waals surface area contributed by atoms with E-state index in [0.717, 1.165) is 24.9 Å². The Morgan fingerprint density at radius 3 is 2.39 bits per heavy atom. The molecule has 8 heteroatoms. The molecule has 3 rings (SSSR count). The first-order chi connectivity index (χ1) is 15.9. The first kappa shape index (κ1) is 24.0. The van der Waals surface area contributed by atoms with Crippen LogP contribution in [0.25, 0.3) is 0 Å². The second kappa shape index (κ2) is 11.3. The third-order valence-electron chi connectivity index (χ3n) is 5.60. The minimum absolute atomic E-state index is 0.0749. The number of carbonyl (C=O) groups excluding carboxylic acids is 4. The van der Waals surface area contributed by atoms with Gasteiger partial charge in [-0.05, 0) is 54.8 Å². The van der Waals surface area contributed by atoms with Crippen LogP contribution in [0.15, 0.2) is 48.5 Å². The summed E-state index contributed by atoms with van der Waals surface area (Å²) < 4.78 is 4.48. The number of aryl methyl sites for hydroxylation is 1. The number of esters is 1. The first-order valence-corrected chi connectivity index (χ1v) is 11.1. The molecule has 1 atom stereocenters. The number of benzene rings is 2. The van der Waals surface area contributed by atoms with Crippen LogP contribution in [0.2, 0.25) is 0 Å². The Balaban J connectivity index is 1.55. The number of hydrogen-bond acceptors (Lipinski definition) is 5. The number of carbonyl (C=O) groups is 4. The van der Waals surface area contributed by atoms with Crippen LogP contribution in [0.1, 0.15) is 42.1 Å². The van der Waals surface area contributed by atoms with Crippen LogP contribution >= 0.6 is 0 Å². The monoisotopic (exact) mass is 451 g/mol. The Morgan fingerprint density at radius 1 is 1.06 bits per heavy atom. The highest BCUT2D eigenvalue weighted by molar-refractivity contribution is 6.03. The molecule has 1 unspecified atom stereocenters. The number of amides is 3. The molecule has 0 radical (unpaired) electrons. The fraction of sp³-hybridized carbons (Fsp3) is 0.360. The minimum Gasteiger partial charge on any atom is -0.468 e. The second-order valence-corrected chi connectivity index (χ2v) is 8.00. The molecule has 8 nitrogen and oxygen atoms in total. The highest BCUT2D eigenvalue weighted by atomic mass is 16.5. The lowest BCUT2D eigenvalue weighted by Gasteiger charge is -2.17. The van der Waals surface area contributed by atoms with Gasteiger partial charge in [0.2, 0.25) is 11.8 Å². The zero-order valence-electron chi connectivity index (χ0n) is 18.9. The highest BCUT2D eigenvalue weighted by Crippen LogP contribution is 2.26. The SMILES string of the molecule is CCCCc1ccc(N2CC(C(=O)Nc3ccc(C(=O)NCC(=O)OC)cc3)CC2=O)cc1. The van der Waals surface area contributed by atoms with E-state index in [1.54, 1.807) is 29.2 Å². The van der Waals surface area contributed by atoms with E-state index in [4.69, 9.17) is 0 Å². The molecular formula is C25H29N3O5. The van der Waals surface area contributed by atoms with Crippen LogP contribution < -0.4 is 15.5 Å². The smallest absolute Gasteiger partial charge is 0.325 e. The summed E-state index contributed by atoms with van der Waals surface area (Å²) in [6.07, 6.45) is 3.43. The quantitative estimate of drug-likeness (QED) is 0.571. The Bertz CT molecular complexity index is 1000. The highest BCUT2D eigenvalue weighted by Gasteiger charge is 2.35. The van der Waals surface area contributed by atoms with Crippen LogP contribution in [0.3, 0.4) is 0 Å². The molecule has 2 N–H and O–H groups in total. The van der Waals surface area contributed by atoms with Gasteiger partial charge < -0.3 is 20.3 Å². The summed E-state index contributed by atoms with van der Waals surface area (Å²) in [5.74, 6) is -1.74. The summed E-state index contributed by atoms with van der Waals surface area (Å²) in [6, 6.07) is 14.3. The van der Waals surface area contributed by atoms with Gasteiger partial charge in [-0.15, -0.1) is 0 Å². The van der Waals surface area contributed by atoms with Crippen molar-refractivity contribution in [3.05, 3.63) is 59.7 Å². The third kappa shape index (κ3) is 6.41. The molecule has 2 aromatic carbocycles. The molecule has 1 heterocycles. The van der Waals surface area contributed by atoms with Crippen LogP contribution in [0.4, 0.5) is 11.4 Å². The molecule has 1 aliphatic heterocycles. The van der Waals surface area contributed by atoms with Crippen molar-refractivity contribution >= 4 is 35.1 Å². The van der Waals surface area contributed by atoms with Crippen molar-refractivity contribution in [2.24, 2.45) is 5.92 Å². The molecule has 33 heavy (non-hydrogen) atoms. The molecule has 0 spiro atoms. The van der Waals surface area contributed by atoms with Gasteiger partial charge in [0, 0.05) is 29.9 Å². The first-order valence-electron chi connectivity index (χ1n) is 11.1. The summed E-state index contributed by atoms with van der Waals surface area (Å²) in [6.45, 7) is 2.26. The number of nitrogens with one attached hydrogen (secondary N) is 2. The van der Waals surface area contributed by atoms with Crippen molar-refractivity contribution in [3.8, 4) is 0 Å². The largest absolute Gasteiger partial charge is 0.468 e. The number of rotatable bonds is 9. The van der Waals surface area contributed by atoms with Crippen molar-refractivity contribution < 1.29 is 23.9 Å². The molecule has 1 aliphatic rings. The molecule has 1 fully saturated rings.